The lowest BCUT2D eigenvalue weighted by Crippen LogP contribution is -2.34. The number of hydrogen-bond donors (Lipinski definition) is 1. The second kappa shape index (κ2) is 6.58. The van der Waals surface area contributed by atoms with Crippen LogP contribution < -0.4 is 0 Å². The van der Waals surface area contributed by atoms with Crippen LogP contribution in [0.15, 0.2) is 0 Å². The van der Waals surface area contributed by atoms with Crippen molar-refractivity contribution in [1.82, 2.24) is 4.90 Å². The van der Waals surface area contributed by atoms with Crippen LogP contribution in [0, 0.1) is 0 Å². The Morgan fingerprint density at radius 2 is 1.91 bits per heavy atom. The molecule has 1 atom stereocenters. The standard InChI is InChI=1S/C8H19NO2/c1-4-9(5-2)6-8(10)7-11-3/h8,10H,4-7H2,1-3H3/t8-/m0/s1. The highest BCUT2D eigenvalue weighted by atomic mass is 16.5. The molecule has 0 radical (unpaired) electrons. The Morgan fingerprint density at radius 3 is 2.27 bits per heavy atom. The molecule has 0 aromatic rings. The number of rotatable bonds is 6. The Bertz CT molecular complexity index is 84.2. The van der Waals surface area contributed by atoms with E-state index in [1.54, 1.807) is 7.11 Å². The molecule has 1 N–H and O–H groups in total. The summed E-state index contributed by atoms with van der Waals surface area (Å²) in [6, 6.07) is 0. The molecule has 3 nitrogen and oxygen atoms in total. The lowest BCUT2D eigenvalue weighted by molar-refractivity contribution is 0.0400. The van der Waals surface area contributed by atoms with Gasteiger partial charge in [-0.25, -0.2) is 0 Å². The van der Waals surface area contributed by atoms with Gasteiger partial charge in [-0.05, 0) is 13.1 Å². The second-order valence-corrected chi connectivity index (χ2v) is 2.60. The van der Waals surface area contributed by atoms with E-state index in [-0.39, 0.29) is 6.10 Å². The average Bonchev–Trinajstić information content (AvgIpc) is 2.01. The molecule has 0 aliphatic rings. The third-order valence-electron chi connectivity index (χ3n) is 1.72. The van der Waals surface area contributed by atoms with Crippen molar-refractivity contribution in [3.8, 4) is 0 Å². The summed E-state index contributed by atoms with van der Waals surface area (Å²) in [7, 11) is 1.60. The SMILES string of the molecule is CCN(CC)C[C@H](O)COC. The molecule has 0 aliphatic heterocycles. The highest BCUT2D eigenvalue weighted by Crippen LogP contribution is 1.91. The van der Waals surface area contributed by atoms with Crippen LogP contribution in [0.1, 0.15) is 13.8 Å². The average molecular weight is 161 g/mol. The summed E-state index contributed by atoms with van der Waals surface area (Å²) in [5.74, 6) is 0. The van der Waals surface area contributed by atoms with Crippen molar-refractivity contribution in [2.75, 3.05) is 33.4 Å². The minimum atomic E-state index is -0.347. The van der Waals surface area contributed by atoms with E-state index in [2.05, 4.69) is 18.7 Å². The van der Waals surface area contributed by atoms with E-state index in [4.69, 9.17) is 4.74 Å². The second-order valence-electron chi connectivity index (χ2n) is 2.60. The molecule has 0 rings (SSSR count). The van der Waals surface area contributed by atoms with E-state index in [1.165, 1.54) is 0 Å². The van der Waals surface area contributed by atoms with Gasteiger partial charge in [-0.1, -0.05) is 13.8 Å². The summed E-state index contributed by atoms with van der Waals surface area (Å²) in [6.45, 7) is 7.28. The number of aliphatic hydroxyl groups is 1. The van der Waals surface area contributed by atoms with Crippen LogP contribution in [0.4, 0.5) is 0 Å². The Morgan fingerprint density at radius 1 is 1.36 bits per heavy atom. The number of aliphatic hydroxyl groups excluding tert-OH is 1. The molecule has 0 aromatic carbocycles. The molecule has 11 heavy (non-hydrogen) atoms. The van der Waals surface area contributed by atoms with Gasteiger partial charge in [-0.2, -0.15) is 0 Å². The minimum absolute atomic E-state index is 0.347. The number of likely N-dealkylation sites (N-methyl/N-ethyl adjacent to an activating group) is 1. The molecule has 0 bridgehead atoms. The van der Waals surface area contributed by atoms with Gasteiger partial charge in [-0.3, -0.25) is 0 Å². The number of ether oxygens (including phenoxy) is 1. The fourth-order valence-corrected chi connectivity index (χ4v) is 1.02. The maximum atomic E-state index is 9.32. The number of methoxy groups -OCH3 is 1. The van der Waals surface area contributed by atoms with Crippen molar-refractivity contribution in [1.29, 1.82) is 0 Å². The molecular weight excluding hydrogens is 142 g/mol. The molecule has 0 fully saturated rings. The topological polar surface area (TPSA) is 32.7 Å². The van der Waals surface area contributed by atoms with E-state index in [9.17, 15) is 5.11 Å². The monoisotopic (exact) mass is 161 g/mol. The quantitative estimate of drug-likeness (QED) is 0.609. The molecule has 0 spiro atoms. The zero-order chi connectivity index (χ0) is 8.69. The molecule has 0 saturated carbocycles. The first-order valence-corrected chi connectivity index (χ1v) is 4.13. The first-order valence-electron chi connectivity index (χ1n) is 4.13. The van der Waals surface area contributed by atoms with E-state index in [0.717, 1.165) is 13.1 Å². The van der Waals surface area contributed by atoms with E-state index in [0.29, 0.717) is 13.2 Å². The zero-order valence-corrected chi connectivity index (χ0v) is 7.71. The van der Waals surface area contributed by atoms with Crippen LogP contribution in [0.5, 0.6) is 0 Å². The Hall–Kier alpha value is -0.120. The molecule has 68 valence electrons. The normalized spacial score (nSPS) is 13.9. The van der Waals surface area contributed by atoms with Gasteiger partial charge in [0.05, 0.1) is 12.7 Å². The van der Waals surface area contributed by atoms with Crippen molar-refractivity contribution < 1.29 is 9.84 Å². The van der Waals surface area contributed by atoms with Crippen molar-refractivity contribution in [2.24, 2.45) is 0 Å². The predicted octanol–water partition coefficient (Wildman–Crippen LogP) is 0.335. The predicted molar refractivity (Wildman–Crippen MR) is 45.7 cm³/mol. The van der Waals surface area contributed by atoms with Gasteiger partial charge in [0, 0.05) is 13.7 Å². The molecule has 0 aromatic heterocycles. The summed E-state index contributed by atoms with van der Waals surface area (Å²) >= 11 is 0. The molecule has 3 heteroatoms. The van der Waals surface area contributed by atoms with Crippen LogP contribution in [0.3, 0.4) is 0 Å². The highest BCUT2D eigenvalue weighted by molar-refractivity contribution is 4.60. The Labute approximate surface area is 69.0 Å². The lowest BCUT2D eigenvalue weighted by atomic mass is 10.3. The largest absolute Gasteiger partial charge is 0.389 e. The van der Waals surface area contributed by atoms with Crippen molar-refractivity contribution in [3.63, 3.8) is 0 Å². The fraction of sp³-hybridized carbons (Fsp3) is 1.00. The fourth-order valence-electron chi connectivity index (χ4n) is 1.02. The molecule has 0 unspecified atom stereocenters. The van der Waals surface area contributed by atoms with Gasteiger partial charge in [0.25, 0.3) is 0 Å². The van der Waals surface area contributed by atoms with Gasteiger partial charge in [0.2, 0.25) is 0 Å². The highest BCUT2D eigenvalue weighted by Gasteiger charge is 2.07. The molecular formula is C8H19NO2. The number of hydrogen-bond acceptors (Lipinski definition) is 3. The lowest BCUT2D eigenvalue weighted by Gasteiger charge is -2.21. The smallest absolute Gasteiger partial charge is 0.0900 e. The maximum Gasteiger partial charge on any atom is 0.0900 e. The summed E-state index contributed by atoms with van der Waals surface area (Å²) in [5, 5.41) is 9.32. The number of nitrogens with zero attached hydrogens (tertiary/aromatic N) is 1. The summed E-state index contributed by atoms with van der Waals surface area (Å²) in [5.41, 5.74) is 0. The summed E-state index contributed by atoms with van der Waals surface area (Å²) in [6.07, 6.45) is -0.347. The first-order chi connectivity index (χ1) is 5.24. The van der Waals surface area contributed by atoms with Crippen LogP contribution >= 0.6 is 0 Å². The van der Waals surface area contributed by atoms with Crippen LogP contribution in [-0.2, 0) is 4.74 Å². The summed E-state index contributed by atoms with van der Waals surface area (Å²) in [4.78, 5) is 2.17. The molecule has 0 aliphatic carbocycles. The van der Waals surface area contributed by atoms with Gasteiger partial charge < -0.3 is 14.7 Å². The zero-order valence-electron chi connectivity index (χ0n) is 7.71. The third kappa shape index (κ3) is 5.18. The third-order valence-corrected chi connectivity index (χ3v) is 1.72. The Kier molecular flexibility index (Phi) is 6.51. The summed E-state index contributed by atoms with van der Waals surface area (Å²) < 4.78 is 4.82. The molecule has 0 amide bonds. The van der Waals surface area contributed by atoms with E-state index in [1.807, 2.05) is 0 Å². The van der Waals surface area contributed by atoms with Crippen LogP contribution in [0.2, 0.25) is 0 Å². The van der Waals surface area contributed by atoms with Crippen molar-refractivity contribution >= 4 is 0 Å². The molecule has 0 saturated heterocycles. The van der Waals surface area contributed by atoms with Crippen molar-refractivity contribution in [3.05, 3.63) is 0 Å². The van der Waals surface area contributed by atoms with Gasteiger partial charge in [-0.15, -0.1) is 0 Å². The molecule has 0 heterocycles. The van der Waals surface area contributed by atoms with Gasteiger partial charge in [0.1, 0.15) is 0 Å². The van der Waals surface area contributed by atoms with Crippen LogP contribution in [0.25, 0.3) is 0 Å². The first kappa shape index (κ1) is 10.9. The minimum Gasteiger partial charge on any atom is -0.389 e. The van der Waals surface area contributed by atoms with E-state index >= 15 is 0 Å². The maximum absolute atomic E-state index is 9.32. The van der Waals surface area contributed by atoms with Gasteiger partial charge >= 0.3 is 0 Å². The van der Waals surface area contributed by atoms with E-state index < -0.39 is 0 Å². The Balaban J connectivity index is 3.44. The van der Waals surface area contributed by atoms with Gasteiger partial charge in [0.15, 0.2) is 0 Å². The van der Waals surface area contributed by atoms with Crippen molar-refractivity contribution in [2.45, 2.75) is 20.0 Å². The van der Waals surface area contributed by atoms with Crippen LogP contribution in [-0.4, -0.2) is 49.5 Å².